The van der Waals surface area contributed by atoms with Crippen LogP contribution in [-0.2, 0) is 13.0 Å². The van der Waals surface area contributed by atoms with Crippen molar-refractivity contribution in [3.63, 3.8) is 0 Å². The van der Waals surface area contributed by atoms with Crippen molar-refractivity contribution in [3.05, 3.63) is 33.8 Å². The first-order chi connectivity index (χ1) is 7.90. The lowest BCUT2D eigenvalue weighted by Crippen LogP contribution is -2.49. The van der Waals surface area contributed by atoms with E-state index in [4.69, 9.17) is 0 Å². The molecule has 2 rings (SSSR count). The topological polar surface area (TPSA) is 3.24 Å². The minimum Gasteiger partial charge on any atom is -0.293 e. The number of benzene rings is 1. The summed E-state index contributed by atoms with van der Waals surface area (Å²) in [6, 6.07) is 6.57. The van der Waals surface area contributed by atoms with Crippen LogP contribution in [0.5, 0.6) is 0 Å². The van der Waals surface area contributed by atoms with Crippen molar-refractivity contribution < 1.29 is 0 Å². The zero-order valence-electron chi connectivity index (χ0n) is 11.3. The first kappa shape index (κ1) is 13.1. The van der Waals surface area contributed by atoms with E-state index in [9.17, 15) is 0 Å². The molecule has 0 bridgehead atoms. The predicted octanol–water partition coefficient (Wildman–Crippen LogP) is 4.24. The minimum atomic E-state index is 0.265. The molecule has 0 radical (unpaired) electrons. The standard InChI is InChI=1S/C15H22BrN/c1-11(2)9-17-10-12-6-5-7-14(16)13(12)8-15(17,3)4/h5-7,11H,8-10H2,1-4H3. The van der Waals surface area contributed by atoms with Gasteiger partial charge in [0.25, 0.3) is 0 Å². The van der Waals surface area contributed by atoms with Gasteiger partial charge < -0.3 is 0 Å². The highest BCUT2D eigenvalue weighted by Gasteiger charge is 2.33. The van der Waals surface area contributed by atoms with Crippen LogP contribution in [0.15, 0.2) is 22.7 Å². The smallest absolute Gasteiger partial charge is 0.0242 e. The molecule has 0 spiro atoms. The largest absolute Gasteiger partial charge is 0.293 e. The quantitative estimate of drug-likeness (QED) is 0.789. The van der Waals surface area contributed by atoms with E-state index >= 15 is 0 Å². The molecule has 1 nitrogen and oxygen atoms in total. The van der Waals surface area contributed by atoms with Crippen LogP contribution in [0.2, 0.25) is 0 Å². The zero-order valence-corrected chi connectivity index (χ0v) is 12.8. The highest BCUT2D eigenvalue weighted by molar-refractivity contribution is 9.10. The summed E-state index contributed by atoms with van der Waals surface area (Å²) in [6.45, 7) is 11.6. The molecule has 0 N–H and O–H groups in total. The van der Waals surface area contributed by atoms with Crippen molar-refractivity contribution in [3.8, 4) is 0 Å². The molecule has 94 valence electrons. The lowest BCUT2D eigenvalue weighted by Gasteiger charge is -2.44. The normalized spacial score (nSPS) is 19.4. The summed E-state index contributed by atoms with van der Waals surface area (Å²) in [4.78, 5) is 2.62. The van der Waals surface area contributed by atoms with Crippen molar-refractivity contribution in [2.75, 3.05) is 6.54 Å². The Bertz CT molecular complexity index is 409. The molecular weight excluding hydrogens is 274 g/mol. The second kappa shape index (κ2) is 4.74. The van der Waals surface area contributed by atoms with E-state index in [1.54, 1.807) is 0 Å². The van der Waals surface area contributed by atoms with E-state index in [1.165, 1.54) is 22.1 Å². The molecule has 0 atom stereocenters. The Labute approximate surface area is 113 Å². The summed E-state index contributed by atoms with van der Waals surface area (Å²) in [5.74, 6) is 0.725. The number of rotatable bonds is 2. The Morgan fingerprint density at radius 3 is 2.71 bits per heavy atom. The summed E-state index contributed by atoms with van der Waals surface area (Å²) in [6.07, 6.45) is 1.14. The number of hydrogen-bond acceptors (Lipinski definition) is 1. The Morgan fingerprint density at radius 2 is 2.06 bits per heavy atom. The minimum absolute atomic E-state index is 0.265. The van der Waals surface area contributed by atoms with Crippen molar-refractivity contribution in [1.82, 2.24) is 4.90 Å². The van der Waals surface area contributed by atoms with E-state index in [-0.39, 0.29) is 5.54 Å². The lowest BCUT2D eigenvalue weighted by atomic mass is 9.85. The summed E-state index contributed by atoms with van der Waals surface area (Å²) in [5, 5.41) is 0. The van der Waals surface area contributed by atoms with E-state index < -0.39 is 0 Å². The Morgan fingerprint density at radius 1 is 1.35 bits per heavy atom. The summed E-state index contributed by atoms with van der Waals surface area (Å²) in [5.41, 5.74) is 3.25. The third-order valence-electron chi connectivity index (χ3n) is 3.63. The van der Waals surface area contributed by atoms with Gasteiger partial charge in [-0.15, -0.1) is 0 Å². The van der Waals surface area contributed by atoms with Crippen LogP contribution in [0.3, 0.4) is 0 Å². The molecule has 1 aliphatic heterocycles. The highest BCUT2D eigenvalue weighted by atomic mass is 79.9. The Hall–Kier alpha value is -0.340. The van der Waals surface area contributed by atoms with Crippen molar-refractivity contribution >= 4 is 15.9 Å². The average molecular weight is 296 g/mol. The first-order valence-corrected chi connectivity index (χ1v) is 7.21. The van der Waals surface area contributed by atoms with Crippen LogP contribution in [0, 0.1) is 5.92 Å². The van der Waals surface area contributed by atoms with Gasteiger partial charge in [-0.2, -0.15) is 0 Å². The van der Waals surface area contributed by atoms with Gasteiger partial charge in [-0.1, -0.05) is 41.9 Å². The van der Waals surface area contributed by atoms with Crippen LogP contribution >= 0.6 is 15.9 Å². The van der Waals surface area contributed by atoms with Crippen LogP contribution < -0.4 is 0 Å². The van der Waals surface area contributed by atoms with Gasteiger partial charge in [-0.3, -0.25) is 4.90 Å². The molecule has 1 aliphatic rings. The second-order valence-electron chi connectivity index (χ2n) is 6.14. The third kappa shape index (κ3) is 2.74. The van der Waals surface area contributed by atoms with Crippen LogP contribution in [0.4, 0.5) is 0 Å². The fraction of sp³-hybridized carbons (Fsp3) is 0.600. The highest BCUT2D eigenvalue weighted by Crippen LogP contribution is 2.34. The van der Waals surface area contributed by atoms with E-state index in [2.05, 4.69) is 66.7 Å². The first-order valence-electron chi connectivity index (χ1n) is 6.41. The van der Waals surface area contributed by atoms with Crippen LogP contribution in [0.25, 0.3) is 0 Å². The molecule has 0 fully saturated rings. The molecule has 0 aliphatic carbocycles. The average Bonchev–Trinajstić information content (AvgIpc) is 2.20. The predicted molar refractivity (Wildman–Crippen MR) is 77.2 cm³/mol. The van der Waals surface area contributed by atoms with E-state index in [1.807, 2.05) is 0 Å². The molecule has 0 unspecified atom stereocenters. The molecule has 0 saturated heterocycles. The summed E-state index contributed by atoms with van der Waals surface area (Å²) < 4.78 is 1.27. The van der Waals surface area contributed by atoms with Crippen molar-refractivity contribution in [2.45, 2.75) is 46.2 Å². The summed E-state index contributed by atoms with van der Waals surface area (Å²) in [7, 11) is 0. The molecule has 0 amide bonds. The molecule has 1 aromatic rings. The SMILES string of the molecule is CC(C)CN1Cc2cccc(Br)c2CC1(C)C. The maximum atomic E-state index is 3.69. The molecule has 0 aromatic heterocycles. The summed E-state index contributed by atoms with van der Waals surface area (Å²) >= 11 is 3.69. The van der Waals surface area contributed by atoms with Gasteiger partial charge in [0.1, 0.15) is 0 Å². The molecule has 17 heavy (non-hydrogen) atoms. The van der Waals surface area contributed by atoms with Gasteiger partial charge >= 0.3 is 0 Å². The molecule has 1 heterocycles. The third-order valence-corrected chi connectivity index (χ3v) is 4.37. The Balaban J connectivity index is 2.31. The number of fused-ring (bicyclic) bond motifs is 1. The molecule has 0 saturated carbocycles. The van der Waals surface area contributed by atoms with Gasteiger partial charge in [-0.05, 0) is 43.4 Å². The van der Waals surface area contributed by atoms with E-state index in [0.29, 0.717) is 0 Å². The van der Waals surface area contributed by atoms with Crippen LogP contribution in [-0.4, -0.2) is 17.0 Å². The molecule has 2 heteroatoms. The number of hydrogen-bond donors (Lipinski definition) is 0. The van der Waals surface area contributed by atoms with Gasteiger partial charge in [-0.25, -0.2) is 0 Å². The van der Waals surface area contributed by atoms with E-state index in [0.717, 1.165) is 18.9 Å². The maximum absolute atomic E-state index is 3.69. The monoisotopic (exact) mass is 295 g/mol. The number of nitrogens with zero attached hydrogens (tertiary/aromatic N) is 1. The van der Waals surface area contributed by atoms with Gasteiger partial charge in [0.15, 0.2) is 0 Å². The van der Waals surface area contributed by atoms with Crippen molar-refractivity contribution in [2.24, 2.45) is 5.92 Å². The second-order valence-corrected chi connectivity index (χ2v) is 7.00. The van der Waals surface area contributed by atoms with Crippen LogP contribution in [0.1, 0.15) is 38.8 Å². The number of halogens is 1. The maximum Gasteiger partial charge on any atom is 0.0242 e. The fourth-order valence-corrected chi connectivity index (χ4v) is 3.21. The van der Waals surface area contributed by atoms with Gasteiger partial charge in [0.05, 0.1) is 0 Å². The fourth-order valence-electron chi connectivity index (χ4n) is 2.67. The Kier molecular flexibility index (Phi) is 3.65. The molecule has 1 aromatic carbocycles. The van der Waals surface area contributed by atoms with Gasteiger partial charge in [0, 0.05) is 23.1 Å². The van der Waals surface area contributed by atoms with Crippen molar-refractivity contribution in [1.29, 1.82) is 0 Å². The van der Waals surface area contributed by atoms with Gasteiger partial charge in [0.2, 0.25) is 0 Å². The molecular formula is C15H22BrN. The lowest BCUT2D eigenvalue weighted by molar-refractivity contribution is 0.0834. The zero-order chi connectivity index (χ0) is 12.6.